The zero-order valence-electron chi connectivity index (χ0n) is 16.3. The van der Waals surface area contributed by atoms with Gasteiger partial charge in [0.25, 0.3) is 0 Å². The molecule has 8 nitrogen and oxygen atoms in total. The van der Waals surface area contributed by atoms with Gasteiger partial charge in [0.1, 0.15) is 5.75 Å². The molecule has 0 aliphatic carbocycles. The summed E-state index contributed by atoms with van der Waals surface area (Å²) in [5.41, 5.74) is 0.926. The van der Waals surface area contributed by atoms with Crippen molar-refractivity contribution in [1.29, 1.82) is 0 Å². The molecule has 30 heavy (non-hydrogen) atoms. The molecule has 1 aliphatic heterocycles. The predicted octanol–water partition coefficient (Wildman–Crippen LogP) is 2.60. The number of nitrogens with zero attached hydrogens (tertiary/aromatic N) is 4. The Morgan fingerprint density at radius 1 is 0.967 bits per heavy atom. The Bertz CT molecular complexity index is 1050. The van der Waals surface area contributed by atoms with Crippen LogP contribution in [-0.2, 0) is 14.9 Å². The second-order valence-corrected chi connectivity index (χ2v) is 9.31. The summed E-state index contributed by atoms with van der Waals surface area (Å²) < 4.78 is 37.1. The molecule has 1 fully saturated rings. The third-order valence-corrected chi connectivity index (χ3v) is 6.80. The highest BCUT2D eigenvalue weighted by molar-refractivity contribution is 8.00. The maximum absolute atomic E-state index is 12.3. The van der Waals surface area contributed by atoms with Crippen LogP contribution in [-0.4, -0.2) is 61.0 Å². The lowest BCUT2D eigenvalue weighted by atomic mass is 10.3. The number of morpholine rings is 1. The molecular weight excluding hydrogens is 424 g/mol. The number of anilines is 1. The second-order valence-electron chi connectivity index (χ2n) is 6.56. The molecule has 158 valence electrons. The van der Waals surface area contributed by atoms with Gasteiger partial charge in [-0.1, -0.05) is 48.2 Å². The van der Waals surface area contributed by atoms with Gasteiger partial charge >= 0.3 is 10.1 Å². The van der Waals surface area contributed by atoms with Crippen molar-refractivity contribution in [3.63, 3.8) is 0 Å². The molecule has 1 aromatic heterocycles. The highest BCUT2D eigenvalue weighted by Crippen LogP contribution is 2.27. The first kappa shape index (κ1) is 20.7. The highest BCUT2D eigenvalue weighted by atomic mass is 32.2. The third kappa shape index (κ3) is 5.13. The molecule has 0 saturated carbocycles. The van der Waals surface area contributed by atoms with Crippen molar-refractivity contribution in [2.45, 2.75) is 5.16 Å². The molecule has 2 heterocycles. The first-order chi connectivity index (χ1) is 14.6. The Hall–Kier alpha value is -2.56. The standard InChI is InChI=1S/C20H22N4O4S2/c25-30(26,28-18-9-5-2-6-10-18)16-15-29-20-22-21-19(23-11-13-27-14-12-23)24(20)17-7-3-1-4-8-17/h1-10H,11-16H2. The molecular formula is C20H22N4O4S2. The van der Waals surface area contributed by atoms with Crippen molar-refractivity contribution in [3.05, 3.63) is 60.7 Å². The fourth-order valence-electron chi connectivity index (χ4n) is 3.03. The fraction of sp³-hybridized carbons (Fsp3) is 0.300. The molecule has 0 bridgehead atoms. The molecule has 10 heteroatoms. The minimum atomic E-state index is -3.70. The van der Waals surface area contributed by atoms with E-state index >= 15 is 0 Å². The minimum Gasteiger partial charge on any atom is -0.382 e. The summed E-state index contributed by atoms with van der Waals surface area (Å²) >= 11 is 1.34. The Balaban J connectivity index is 1.49. The number of aromatic nitrogens is 3. The number of ether oxygens (including phenoxy) is 1. The smallest absolute Gasteiger partial charge is 0.310 e. The van der Waals surface area contributed by atoms with E-state index in [9.17, 15) is 8.42 Å². The van der Waals surface area contributed by atoms with E-state index < -0.39 is 10.1 Å². The Morgan fingerprint density at radius 3 is 2.33 bits per heavy atom. The number of para-hydroxylation sites is 2. The van der Waals surface area contributed by atoms with Gasteiger partial charge in [-0.15, -0.1) is 10.2 Å². The Kier molecular flexibility index (Phi) is 6.56. The Labute approximate surface area is 180 Å². The molecule has 0 unspecified atom stereocenters. The van der Waals surface area contributed by atoms with Gasteiger partial charge in [0, 0.05) is 18.8 Å². The zero-order chi connectivity index (χ0) is 20.8. The summed E-state index contributed by atoms with van der Waals surface area (Å²) in [5, 5.41) is 9.35. The average Bonchev–Trinajstić information content (AvgIpc) is 3.19. The van der Waals surface area contributed by atoms with Crippen LogP contribution < -0.4 is 9.08 Å². The summed E-state index contributed by atoms with van der Waals surface area (Å²) in [5.74, 6) is 1.20. The van der Waals surface area contributed by atoms with Gasteiger partial charge in [0.15, 0.2) is 5.16 Å². The lowest BCUT2D eigenvalue weighted by Gasteiger charge is -2.27. The van der Waals surface area contributed by atoms with Gasteiger partial charge in [-0.3, -0.25) is 4.57 Å². The van der Waals surface area contributed by atoms with E-state index in [0.717, 1.165) is 24.7 Å². The topological polar surface area (TPSA) is 86.5 Å². The van der Waals surface area contributed by atoms with Crippen LogP contribution in [0, 0.1) is 0 Å². The summed E-state index contributed by atoms with van der Waals surface area (Å²) in [6.07, 6.45) is 0. The van der Waals surface area contributed by atoms with Gasteiger partial charge in [-0.05, 0) is 24.3 Å². The number of benzene rings is 2. The van der Waals surface area contributed by atoms with E-state index in [2.05, 4.69) is 15.1 Å². The monoisotopic (exact) mass is 446 g/mol. The summed E-state index contributed by atoms with van der Waals surface area (Å²) in [6, 6.07) is 18.3. The van der Waals surface area contributed by atoms with Gasteiger partial charge in [-0.2, -0.15) is 8.42 Å². The highest BCUT2D eigenvalue weighted by Gasteiger charge is 2.22. The van der Waals surface area contributed by atoms with Crippen LogP contribution in [0.2, 0.25) is 0 Å². The molecule has 0 radical (unpaired) electrons. The van der Waals surface area contributed by atoms with Crippen LogP contribution >= 0.6 is 11.8 Å². The van der Waals surface area contributed by atoms with Crippen molar-refractivity contribution >= 4 is 27.8 Å². The SMILES string of the molecule is O=S(=O)(CCSc1nnc(N2CCOCC2)n1-c1ccccc1)Oc1ccccc1. The summed E-state index contributed by atoms with van der Waals surface area (Å²) in [4.78, 5) is 2.13. The molecule has 1 aliphatic rings. The Morgan fingerprint density at radius 2 is 1.63 bits per heavy atom. The minimum absolute atomic E-state index is 0.138. The molecule has 4 rings (SSSR count). The maximum Gasteiger partial charge on any atom is 0.310 e. The summed E-state index contributed by atoms with van der Waals surface area (Å²) in [6.45, 7) is 2.74. The number of hydrogen-bond acceptors (Lipinski definition) is 8. The van der Waals surface area contributed by atoms with Crippen LogP contribution in [0.1, 0.15) is 0 Å². The second kappa shape index (κ2) is 9.50. The lowest BCUT2D eigenvalue weighted by molar-refractivity contribution is 0.122. The van der Waals surface area contributed by atoms with Crippen molar-refractivity contribution in [1.82, 2.24) is 14.8 Å². The van der Waals surface area contributed by atoms with Crippen LogP contribution in [0.5, 0.6) is 5.75 Å². The largest absolute Gasteiger partial charge is 0.382 e. The van der Waals surface area contributed by atoms with E-state index in [-0.39, 0.29) is 5.75 Å². The first-order valence-corrected chi connectivity index (χ1v) is 12.1. The van der Waals surface area contributed by atoms with E-state index in [1.165, 1.54) is 11.8 Å². The van der Waals surface area contributed by atoms with Gasteiger partial charge in [0.2, 0.25) is 5.95 Å². The third-order valence-electron chi connectivity index (χ3n) is 4.46. The first-order valence-electron chi connectivity index (χ1n) is 9.56. The lowest BCUT2D eigenvalue weighted by Crippen LogP contribution is -2.37. The van der Waals surface area contributed by atoms with E-state index in [0.29, 0.717) is 29.9 Å². The fourth-order valence-corrected chi connectivity index (χ4v) is 5.26. The zero-order valence-corrected chi connectivity index (χ0v) is 17.9. The van der Waals surface area contributed by atoms with E-state index in [1.807, 2.05) is 34.9 Å². The summed E-state index contributed by atoms with van der Waals surface area (Å²) in [7, 11) is -3.70. The molecule has 0 N–H and O–H groups in total. The van der Waals surface area contributed by atoms with Gasteiger partial charge in [0.05, 0.1) is 24.7 Å². The van der Waals surface area contributed by atoms with Gasteiger partial charge < -0.3 is 13.8 Å². The van der Waals surface area contributed by atoms with Crippen LogP contribution in [0.3, 0.4) is 0 Å². The van der Waals surface area contributed by atoms with Crippen molar-refractivity contribution in [2.75, 3.05) is 42.7 Å². The van der Waals surface area contributed by atoms with Crippen LogP contribution in [0.15, 0.2) is 65.8 Å². The number of thioether (sulfide) groups is 1. The van der Waals surface area contributed by atoms with Crippen molar-refractivity contribution in [3.8, 4) is 11.4 Å². The molecule has 0 atom stereocenters. The van der Waals surface area contributed by atoms with Crippen molar-refractivity contribution < 1.29 is 17.3 Å². The quantitative estimate of drug-likeness (QED) is 0.386. The molecule has 2 aromatic carbocycles. The molecule has 3 aromatic rings. The van der Waals surface area contributed by atoms with Crippen molar-refractivity contribution in [2.24, 2.45) is 0 Å². The van der Waals surface area contributed by atoms with Crippen LogP contribution in [0.25, 0.3) is 5.69 Å². The predicted molar refractivity (Wildman–Crippen MR) is 116 cm³/mol. The molecule has 0 amide bonds. The maximum atomic E-state index is 12.3. The van der Waals surface area contributed by atoms with Crippen LogP contribution in [0.4, 0.5) is 5.95 Å². The van der Waals surface area contributed by atoms with E-state index in [1.54, 1.807) is 30.3 Å². The number of hydrogen-bond donors (Lipinski definition) is 0. The molecule has 0 spiro atoms. The normalized spacial score (nSPS) is 14.6. The number of rotatable bonds is 8. The van der Waals surface area contributed by atoms with E-state index in [4.69, 9.17) is 8.92 Å². The molecule has 1 saturated heterocycles. The average molecular weight is 447 g/mol. The van der Waals surface area contributed by atoms with Gasteiger partial charge in [-0.25, -0.2) is 0 Å².